The Morgan fingerprint density at radius 1 is 1.41 bits per heavy atom. The van der Waals surface area contributed by atoms with Gasteiger partial charge in [0.2, 0.25) is 0 Å². The SMILES string of the molecule is Cc1nc(C(C)(C)C)sc1C(=O)N1CCCCC1C(C)N.Cl. The highest BCUT2D eigenvalue weighted by atomic mass is 35.5. The first-order valence-corrected chi connectivity index (χ1v) is 8.58. The van der Waals surface area contributed by atoms with Crippen LogP contribution in [0.25, 0.3) is 0 Å². The minimum Gasteiger partial charge on any atom is -0.333 e. The average Bonchev–Trinajstić information content (AvgIpc) is 2.80. The van der Waals surface area contributed by atoms with Gasteiger partial charge in [-0.05, 0) is 33.1 Å². The summed E-state index contributed by atoms with van der Waals surface area (Å²) in [6.45, 7) is 11.1. The molecule has 22 heavy (non-hydrogen) atoms. The van der Waals surface area contributed by atoms with Crippen LogP contribution >= 0.6 is 23.7 Å². The van der Waals surface area contributed by atoms with Gasteiger partial charge >= 0.3 is 0 Å². The van der Waals surface area contributed by atoms with Gasteiger partial charge in [-0.25, -0.2) is 4.98 Å². The molecule has 0 saturated carbocycles. The number of nitrogens with two attached hydrogens (primary N) is 1. The Balaban J connectivity index is 0.00000242. The summed E-state index contributed by atoms with van der Waals surface area (Å²) in [5, 5.41) is 1.03. The second kappa shape index (κ2) is 7.28. The lowest BCUT2D eigenvalue weighted by atomic mass is 9.96. The molecule has 2 heterocycles. The van der Waals surface area contributed by atoms with Gasteiger partial charge in [-0.1, -0.05) is 20.8 Å². The van der Waals surface area contributed by atoms with E-state index in [1.54, 1.807) is 0 Å². The van der Waals surface area contributed by atoms with Crippen LogP contribution in [0.2, 0.25) is 0 Å². The Morgan fingerprint density at radius 3 is 2.55 bits per heavy atom. The van der Waals surface area contributed by atoms with Crippen molar-refractivity contribution in [1.29, 1.82) is 0 Å². The zero-order valence-electron chi connectivity index (χ0n) is 14.2. The molecule has 1 fully saturated rings. The summed E-state index contributed by atoms with van der Waals surface area (Å²) >= 11 is 1.54. The maximum absolute atomic E-state index is 12.9. The standard InChI is InChI=1S/C16H27N3OS.ClH/c1-10(17)12-8-6-7-9-19(12)14(20)13-11(2)18-15(21-13)16(3,4)5;/h10,12H,6-9,17H2,1-5H3;1H. The molecule has 1 aliphatic rings. The Hall–Kier alpha value is -0.650. The smallest absolute Gasteiger partial charge is 0.266 e. The monoisotopic (exact) mass is 345 g/mol. The van der Waals surface area contributed by atoms with Gasteiger partial charge in [0.15, 0.2) is 0 Å². The molecule has 0 radical (unpaired) electrons. The summed E-state index contributed by atoms with van der Waals surface area (Å²) < 4.78 is 0. The number of halogens is 1. The van der Waals surface area contributed by atoms with Gasteiger partial charge in [0.1, 0.15) is 4.88 Å². The van der Waals surface area contributed by atoms with Gasteiger partial charge in [0.05, 0.1) is 10.7 Å². The van der Waals surface area contributed by atoms with Crippen molar-refractivity contribution in [1.82, 2.24) is 9.88 Å². The molecule has 0 spiro atoms. The molecule has 1 aromatic heterocycles. The second-order valence-corrected chi connectivity index (χ2v) is 8.10. The lowest BCUT2D eigenvalue weighted by molar-refractivity contribution is 0.0588. The van der Waals surface area contributed by atoms with Gasteiger partial charge in [0, 0.05) is 24.0 Å². The van der Waals surface area contributed by atoms with Crippen LogP contribution in [0.1, 0.15) is 67.3 Å². The number of piperidine rings is 1. The summed E-state index contributed by atoms with van der Waals surface area (Å²) in [5.41, 5.74) is 6.91. The van der Waals surface area contributed by atoms with Crippen LogP contribution in [-0.4, -0.2) is 34.4 Å². The van der Waals surface area contributed by atoms with Gasteiger partial charge in [-0.3, -0.25) is 4.79 Å². The van der Waals surface area contributed by atoms with Crippen LogP contribution < -0.4 is 5.73 Å². The van der Waals surface area contributed by atoms with Crippen LogP contribution in [0.3, 0.4) is 0 Å². The van der Waals surface area contributed by atoms with Crippen molar-refractivity contribution < 1.29 is 4.79 Å². The van der Waals surface area contributed by atoms with E-state index in [1.807, 2.05) is 18.7 Å². The summed E-state index contributed by atoms with van der Waals surface area (Å²) in [4.78, 5) is 20.3. The molecule has 1 aliphatic heterocycles. The van der Waals surface area contributed by atoms with Crippen LogP contribution in [0.5, 0.6) is 0 Å². The summed E-state index contributed by atoms with van der Waals surface area (Å²) in [5.74, 6) is 0.113. The number of thiazole rings is 1. The number of hydrogen-bond acceptors (Lipinski definition) is 4. The summed E-state index contributed by atoms with van der Waals surface area (Å²) in [6.07, 6.45) is 3.23. The third kappa shape index (κ3) is 4.00. The number of likely N-dealkylation sites (tertiary alicyclic amines) is 1. The molecule has 6 heteroatoms. The number of amides is 1. The number of carbonyl (C=O) groups is 1. The Kier molecular flexibility index (Phi) is 6.42. The number of rotatable bonds is 2. The molecule has 0 aliphatic carbocycles. The van der Waals surface area contributed by atoms with Crippen molar-refractivity contribution in [3.8, 4) is 0 Å². The molecule has 2 rings (SSSR count). The summed E-state index contributed by atoms with van der Waals surface area (Å²) in [6, 6.07) is 0.176. The van der Waals surface area contributed by atoms with E-state index in [0.29, 0.717) is 0 Å². The highest BCUT2D eigenvalue weighted by molar-refractivity contribution is 7.14. The lowest BCUT2D eigenvalue weighted by Crippen LogP contribution is -2.51. The maximum atomic E-state index is 12.9. The Bertz CT molecular complexity index is 522. The minimum atomic E-state index is -0.0174. The van der Waals surface area contributed by atoms with Crippen LogP contribution in [0, 0.1) is 6.92 Å². The van der Waals surface area contributed by atoms with E-state index < -0.39 is 0 Å². The van der Waals surface area contributed by atoms with Crippen LogP contribution in [0.15, 0.2) is 0 Å². The predicted octanol–water partition coefficient (Wildman–Crippen LogP) is 3.51. The van der Waals surface area contributed by atoms with Crippen molar-refractivity contribution in [3.05, 3.63) is 15.6 Å². The first kappa shape index (κ1) is 19.4. The van der Waals surface area contributed by atoms with Crippen molar-refractivity contribution in [2.24, 2.45) is 5.73 Å². The minimum absolute atomic E-state index is 0. The third-order valence-corrected chi connectivity index (χ3v) is 5.62. The van der Waals surface area contributed by atoms with Crippen molar-refractivity contribution in [2.75, 3.05) is 6.54 Å². The van der Waals surface area contributed by atoms with Crippen LogP contribution in [0.4, 0.5) is 0 Å². The Morgan fingerprint density at radius 2 is 2.05 bits per heavy atom. The second-order valence-electron chi connectivity index (χ2n) is 7.10. The van der Waals surface area contributed by atoms with E-state index in [9.17, 15) is 4.79 Å². The van der Waals surface area contributed by atoms with E-state index in [-0.39, 0.29) is 35.8 Å². The highest BCUT2D eigenvalue weighted by Gasteiger charge is 2.32. The molecular formula is C16H28ClN3OS. The van der Waals surface area contributed by atoms with E-state index in [2.05, 4.69) is 25.8 Å². The van der Waals surface area contributed by atoms with Crippen molar-refractivity contribution >= 4 is 29.7 Å². The number of aromatic nitrogens is 1. The molecule has 4 nitrogen and oxygen atoms in total. The zero-order chi connectivity index (χ0) is 15.8. The molecule has 2 atom stereocenters. The molecule has 0 bridgehead atoms. The van der Waals surface area contributed by atoms with Gasteiger partial charge in [0.25, 0.3) is 5.91 Å². The molecule has 126 valence electrons. The topological polar surface area (TPSA) is 59.2 Å². The zero-order valence-corrected chi connectivity index (χ0v) is 15.8. The molecule has 2 N–H and O–H groups in total. The predicted molar refractivity (Wildman–Crippen MR) is 95.1 cm³/mol. The van der Waals surface area contributed by atoms with E-state index in [0.717, 1.165) is 41.4 Å². The highest BCUT2D eigenvalue weighted by Crippen LogP contribution is 2.31. The summed E-state index contributed by atoms with van der Waals surface area (Å²) in [7, 11) is 0. The quantitative estimate of drug-likeness (QED) is 0.892. The Labute approximate surface area is 143 Å². The molecule has 1 amide bonds. The van der Waals surface area contributed by atoms with Gasteiger partial charge < -0.3 is 10.6 Å². The molecule has 0 aromatic carbocycles. The fourth-order valence-electron chi connectivity index (χ4n) is 2.80. The van der Waals surface area contributed by atoms with Crippen LogP contribution in [-0.2, 0) is 5.41 Å². The fraction of sp³-hybridized carbons (Fsp3) is 0.750. The number of aryl methyl sites for hydroxylation is 1. The molecular weight excluding hydrogens is 318 g/mol. The molecule has 2 unspecified atom stereocenters. The van der Waals surface area contributed by atoms with Crippen molar-refractivity contribution in [2.45, 2.75) is 71.4 Å². The maximum Gasteiger partial charge on any atom is 0.266 e. The normalized spacial score (nSPS) is 20.5. The number of nitrogens with zero attached hydrogens (tertiary/aromatic N) is 2. The first-order chi connectivity index (χ1) is 9.71. The van der Waals surface area contributed by atoms with Gasteiger partial charge in [-0.15, -0.1) is 23.7 Å². The average molecular weight is 346 g/mol. The molecule has 1 saturated heterocycles. The van der Waals surface area contributed by atoms with Crippen molar-refractivity contribution in [3.63, 3.8) is 0 Å². The number of hydrogen-bond donors (Lipinski definition) is 1. The third-order valence-electron chi connectivity index (χ3n) is 4.05. The van der Waals surface area contributed by atoms with E-state index in [4.69, 9.17) is 5.73 Å². The van der Waals surface area contributed by atoms with E-state index in [1.165, 1.54) is 11.3 Å². The lowest BCUT2D eigenvalue weighted by Gasteiger charge is -2.37. The largest absolute Gasteiger partial charge is 0.333 e. The first-order valence-electron chi connectivity index (χ1n) is 7.76. The van der Waals surface area contributed by atoms with E-state index >= 15 is 0 Å². The number of carbonyl (C=O) groups excluding carboxylic acids is 1. The molecule has 1 aromatic rings. The fourth-order valence-corrected chi connectivity index (χ4v) is 3.88. The van der Waals surface area contributed by atoms with Gasteiger partial charge in [-0.2, -0.15) is 0 Å².